The molecule has 6 heteroatoms. The van der Waals surface area contributed by atoms with Gasteiger partial charge in [-0.3, -0.25) is 14.6 Å². The maximum absolute atomic E-state index is 12.4. The van der Waals surface area contributed by atoms with E-state index in [0.29, 0.717) is 11.3 Å². The largest absolute Gasteiger partial charge is 0.507 e. The van der Waals surface area contributed by atoms with Crippen LogP contribution in [-0.4, -0.2) is 21.9 Å². The quantitative estimate of drug-likeness (QED) is 0.615. The van der Waals surface area contributed by atoms with E-state index in [4.69, 9.17) is 0 Å². The van der Waals surface area contributed by atoms with Crippen molar-refractivity contribution in [2.24, 2.45) is 0 Å². The molecule has 3 rings (SSSR count). The molecule has 0 radical (unpaired) electrons. The summed E-state index contributed by atoms with van der Waals surface area (Å²) in [5.41, 5.74) is 3.20. The van der Waals surface area contributed by atoms with Gasteiger partial charge in [-0.2, -0.15) is 0 Å². The summed E-state index contributed by atoms with van der Waals surface area (Å²) in [5, 5.41) is 15.6. The molecule has 3 N–H and O–H groups in total. The third kappa shape index (κ3) is 4.73. The van der Waals surface area contributed by atoms with Gasteiger partial charge in [0.1, 0.15) is 5.75 Å². The molecule has 0 aliphatic carbocycles. The number of hydrogen-bond donors (Lipinski definition) is 3. The van der Waals surface area contributed by atoms with Gasteiger partial charge in [-0.15, -0.1) is 0 Å². The Hall–Kier alpha value is -3.67. The minimum absolute atomic E-state index is 0.0481. The summed E-state index contributed by atoms with van der Waals surface area (Å²) < 4.78 is 0. The van der Waals surface area contributed by atoms with Crippen LogP contribution in [0.3, 0.4) is 0 Å². The maximum atomic E-state index is 12.4. The molecule has 1 heterocycles. The lowest BCUT2D eigenvalue weighted by molar-refractivity contribution is 0.0947. The Labute approximate surface area is 163 Å². The molecule has 142 valence electrons. The highest BCUT2D eigenvalue weighted by Crippen LogP contribution is 2.19. The molecule has 0 fully saturated rings. The Morgan fingerprint density at radius 2 is 1.75 bits per heavy atom. The van der Waals surface area contributed by atoms with Gasteiger partial charge in [0.25, 0.3) is 11.8 Å². The third-order valence-electron chi connectivity index (χ3n) is 4.29. The zero-order chi connectivity index (χ0) is 19.9. The first-order chi connectivity index (χ1) is 13.6. The average Bonchev–Trinajstić information content (AvgIpc) is 2.73. The van der Waals surface area contributed by atoms with Crippen LogP contribution in [0.5, 0.6) is 5.75 Å². The van der Waals surface area contributed by atoms with Crippen molar-refractivity contribution in [3.63, 3.8) is 0 Å². The van der Waals surface area contributed by atoms with Gasteiger partial charge in [0, 0.05) is 30.2 Å². The second-order valence-electron chi connectivity index (χ2n) is 6.28. The summed E-state index contributed by atoms with van der Waals surface area (Å²) in [5.74, 6) is -0.628. The topological polar surface area (TPSA) is 91.3 Å². The SMILES string of the molecule is CCc1ccc(O)c(C(=O)NCc2cccc(NC(=O)c3ccncc3)c2)c1. The Morgan fingerprint density at radius 3 is 2.50 bits per heavy atom. The summed E-state index contributed by atoms with van der Waals surface area (Å²) >= 11 is 0. The number of phenols is 1. The molecule has 2 aromatic carbocycles. The third-order valence-corrected chi connectivity index (χ3v) is 4.29. The standard InChI is InChI=1S/C22H21N3O3/c1-2-15-6-7-20(26)19(13-15)22(28)24-14-16-4-3-5-18(12-16)25-21(27)17-8-10-23-11-9-17/h3-13,26H,2,14H2,1H3,(H,24,28)(H,25,27). The van der Waals surface area contributed by atoms with Crippen LogP contribution in [0.25, 0.3) is 0 Å². The lowest BCUT2D eigenvalue weighted by atomic mass is 10.1. The van der Waals surface area contributed by atoms with E-state index in [2.05, 4.69) is 15.6 Å². The molecule has 3 aromatic rings. The van der Waals surface area contributed by atoms with Crippen LogP contribution in [0.1, 0.15) is 38.8 Å². The van der Waals surface area contributed by atoms with Gasteiger partial charge in [-0.1, -0.05) is 25.1 Å². The first-order valence-corrected chi connectivity index (χ1v) is 8.97. The number of anilines is 1. The zero-order valence-corrected chi connectivity index (χ0v) is 15.5. The molecule has 0 saturated carbocycles. The van der Waals surface area contributed by atoms with Crippen molar-refractivity contribution in [1.82, 2.24) is 10.3 Å². The van der Waals surface area contributed by atoms with Crippen molar-refractivity contribution in [3.05, 3.63) is 89.2 Å². The number of nitrogens with zero attached hydrogens (tertiary/aromatic N) is 1. The molecule has 6 nitrogen and oxygen atoms in total. The highest BCUT2D eigenvalue weighted by Gasteiger charge is 2.12. The van der Waals surface area contributed by atoms with Crippen molar-refractivity contribution in [2.45, 2.75) is 19.9 Å². The molecule has 0 spiro atoms. The van der Waals surface area contributed by atoms with Gasteiger partial charge in [0.05, 0.1) is 5.56 Å². The highest BCUT2D eigenvalue weighted by molar-refractivity contribution is 6.04. The molecule has 28 heavy (non-hydrogen) atoms. The number of carbonyl (C=O) groups excluding carboxylic acids is 2. The maximum Gasteiger partial charge on any atom is 0.255 e. The molecule has 0 saturated heterocycles. The van der Waals surface area contributed by atoms with Crippen LogP contribution in [0.4, 0.5) is 5.69 Å². The number of nitrogens with one attached hydrogen (secondary N) is 2. The van der Waals surface area contributed by atoms with Crippen LogP contribution in [0, 0.1) is 0 Å². The lowest BCUT2D eigenvalue weighted by Crippen LogP contribution is -2.23. The molecular formula is C22H21N3O3. The monoisotopic (exact) mass is 375 g/mol. The molecule has 0 atom stereocenters. The number of aromatic nitrogens is 1. The molecular weight excluding hydrogens is 354 g/mol. The fourth-order valence-corrected chi connectivity index (χ4v) is 2.73. The molecule has 1 aromatic heterocycles. The summed E-state index contributed by atoms with van der Waals surface area (Å²) in [4.78, 5) is 28.5. The van der Waals surface area contributed by atoms with Crippen LogP contribution in [0.15, 0.2) is 67.0 Å². The molecule has 0 unspecified atom stereocenters. The van der Waals surface area contributed by atoms with Gasteiger partial charge in [-0.05, 0) is 53.9 Å². The fraction of sp³-hybridized carbons (Fsp3) is 0.136. The summed E-state index contributed by atoms with van der Waals surface area (Å²) in [7, 11) is 0. The number of benzene rings is 2. The minimum atomic E-state index is -0.348. The number of pyridine rings is 1. The molecule has 2 amide bonds. The van der Waals surface area contributed by atoms with E-state index in [9.17, 15) is 14.7 Å². The lowest BCUT2D eigenvalue weighted by Gasteiger charge is -2.10. The predicted molar refractivity (Wildman–Crippen MR) is 107 cm³/mol. The first kappa shape index (κ1) is 19.1. The predicted octanol–water partition coefficient (Wildman–Crippen LogP) is 3.53. The second kappa shape index (κ2) is 8.81. The Balaban J connectivity index is 1.65. The normalized spacial score (nSPS) is 10.3. The van der Waals surface area contributed by atoms with Crippen molar-refractivity contribution in [3.8, 4) is 5.75 Å². The number of phenolic OH excluding ortho intramolecular Hbond substituents is 1. The molecule has 0 bridgehead atoms. The van der Waals surface area contributed by atoms with Gasteiger partial charge < -0.3 is 15.7 Å². The average molecular weight is 375 g/mol. The Bertz CT molecular complexity index is 987. The van der Waals surface area contributed by atoms with E-state index in [0.717, 1.165) is 17.5 Å². The van der Waals surface area contributed by atoms with E-state index in [-0.39, 0.29) is 29.7 Å². The Morgan fingerprint density at radius 1 is 0.964 bits per heavy atom. The van der Waals surface area contributed by atoms with Gasteiger partial charge in [0.2, 0.25) is 0 Å². The smallest absolute Gasteiger partial charge is 0.255 e. The number of hydrogen-bond acceptors (Lipinski definition) is 4. The van der Waals surface area contributed by atoms with E-state index in [1.54, 1.807) is 54.9 Å². The number of aryl methyl sites for hydroxylation is 1. The van der Waals surface area contributed by atoms with E-state index < -0.39 is 0 Å². The number of rotatable bonds is 6. The first-order valence-electron chi connectivity index (χ1n) is 8.97. The van der Waals surface area contributed by atoms with Crippen LogP contribution in [-0.2, 0) is 13.0 Å². The van der Waals surface area contributed by atoms with E-state index in [1.165, 1.54) is 6.07 Å². The van der Waals surface area contributed by atoms with Crippen LogP contribution in [0.2, 0.25) is 0 Å². The van der Waals surface area contributed by atoms with Gasteiger partial charge in [0.15, 0.2) is 0 Å². The van der Waals surface area contributed by atoms with Crippen molar-refractivity contribution in [2.75, 3.05) is 5.32 Å². The highest BCUT2D eigenvalue weighted by atomic mass is 16.3. The van der Waals surface area contributed by atoms with Gasteiger partial charge in [-0.25, -0.2) is 0 Å². The Kier molecular flexibility index (Phi) is 6.01. The summed E-state index contributed by atoms with van der Waals surface area (Å²) in [6.07, 6.45) is 3.90. The summed E-state index contributed by atoms with van der Waals surface area (Å²) in [6.45, 7) is 2.26. The van der Waals surface area contributed by atoms with E-state index >= 15 is 0 Å². The fourth-order valence-electron chi connectivity index (χ4n) is 2.73. The molecule has 0 aliphatic heterocycles. The van der Waals surface area contributed by atoms with E-state index in [1.807, 2.05) is 13.0 Å². The second-order valence-corrected chi connectivity index (χ2v) is 6.28. The zero-order valence-electron chi connectivity index (χ0n) is 15.5. The molecule has 0 aliphatic rings. The van der Waals surface area contributed by atoms with Gasteiger partial charge >= 0.3 is 0 Å². The number of amides is 2. The minimum Gasteiger partial charge on any atom is -0.507 e. The van der Waals surface area contributed by atoms with Crippen molar-refractivity contribution in [1.29, 1.82) is 0 Å². The van der Waals surface area contributed by atoms with Crippen molar-refractivity contribution < 1.29 is 14.7 Å². The summed E-state index contributed by atoms with van der Waals surface area (Å²) in [6, 6.07) is 15.5. The van der Waals surface area contributed by atoms with Crippen LogP contribution < -0.4 is 10.6 Å². The van der Waals surface area contributed by atoms with Crippen molar-refractivity contribution >= 4 is 17.5 Å². The number of carbonyl (C=O) groups is 2. The van der Waals surface area contributed by atoms with Crippen LogP contribution >= 0.6 is 0 Å². The number of aromatic hydroxyl groups is 1.